The van der Waals surface area contributed by atoms with E-state index in [0.29, 0.717) is 13.1 Å². The Morgan fingerprint density at radius 1 is 1.42 bits per heavy atom. The smallest absolute Gasteiger partial charge is 0.254 e. The lowest BCUT2D eigenvalue weighted by molar-refractivity contribution is 0.0945. The third kappa shape index (κ3) is 4.85. The zero-order chi connectivity index (χ0) is 14.5. The number of halogens is 1. The van der Waals surface area contributed by atoms with Crippen molar-refractivity contribution in [3.05, 3.63) is 23.6 Å². The lowest BCUT2D eigenvalue weighted by atomic mass is 9.92. The van der Waals surface area contributed by atoms with E-state index in [4.69, 9.17) is 0 Å². The molecule has 0 aromatic carbocycles. The van der Waals surface area contributed by atoms with Gasteiger partial charge >= 0.3 is 0 Å². The fourth-order valence-corrected chi connectivity index (χ4v) is 1.56. The van der Waals surface area contributed by atoms with Crippen molar-refractivity contribution in [3.8, 4) is 0 Å². The van der Waals surface area contributed by atoms with Crippen LogP contribution in [0.5, 0.6) is 0 Å². The minimum absolute atomic E-state index is 0.0276. The average Bonchev–Trinajstić information content (AvgIpc) is 2.30. The Hall–Kier alpha value is -1.65. The van der Waals surface area contributed by atoms with Crippen LogP contribution >= 0.6 is 0 Å². The minimum Gasteiger partial charge on any atom is -0.368 e. The van der Waals surface area contributed by atoms with Crippen LogP contribution in [0.4, 0.5) is 10.2 Å². The highest BCUT2D eigenvalue weighted by molar-refractivity contribution is 5.95. The minimum atomic E-state index is -0.599. The first kappa shape index (κ1) is 15.4. The summed E-state index contributed by atoms with van der Waals surface area (Å²) in [7, 11) is 0. The zero-order valence-corrected chi connectivity index (χ0v) is 12.0. The van der Waals surface area contributed by atoms with Crippen molar-refractivity contribution in [2.45, 2.75) is 34.1 Å². The van der Waals surface area contributed by atoms with Gasteiger partial charge in [-0.2, -0.15) is 0 Å². The maximum absolute atomic E-state index is 14.0. The number of carbonyl (C=O) groups excluding carboxylic acids is 1. The van der Waals surface area contributed by atoms with Gasteiger partial charge < -0.3 is 10.6 Å². The number of nitrogens with zero attached hydrogens (tertiary/aromatic N) is 1. The van der Waals surface area contributed by atoms with Crippen molar-refractivity contribution >= 4 is 11.7 Å². The number of aromatic nitrogens is 1. The highest BCUT2D eigenvalue weighted by atomic mass is 19.1. The second-order valence-corrected chi connectivity index (χ2v) is 5.62. The molecule has 0 spiro atoms. The van der Waals surface area contributed by atoms with Crippen LogP contribution in [-0.4, -0.2) is 24.0 Å². The van der Waals surface area contributed by atoms with E-state index < -0.39 is 11.7 Å². The molecule has 0 bridgehead atoms. The summed E-state index contributed by atoms with van der Waals surface area (Å²) < 4.78 is 14.0. The summed E-state index contributed by atoms with van der Waals surface area (Å²) in [5.74, 6) is -0.883. The van der Waals surface area contributed by atoms with Crippen LogP contribution in [0.25, 0.3) is 0 Å². The fraction of sp³-hybridized carbons (Fsp3) is 0.571. The predicted molar refractivity (Wildman–Crippen MR) is 74.8 cm³/mol. The Kier molecular flexibility index (Phi) is 5.27. The summed E-state index contributed by atoms with van der Waals surface area (Å²) in [5.41, 5.74) is 0.166. The highest BCUT2D eigenvalue weighted by Crippen LogP contribution is 2.18. The SMILES string of the molecule is CCNc1nccc(C(=O)NCCC(C)(C)C)c1F. The topological polar surface area (TPSA) is 54.0 Å². The van der Waals surface area contributed by atoms with E-state index >= 15 is 0 Å². The van der Waals surface area contributed by atoms with Crippen molar-refractivity contribution < 1.29 is 9.18 Å². The highest BCUT2D eigenvalue weighted by Gasteiger charge is 2.16. The Bertz CT molecular complexity index is 441. The van der Waals surface area contributed by atoms with Crippen molar-refractivity contribution in [1.82, 2.24) is 10.3 Å². The van der Waals surface area contributed by atoms with E-state index in [2.05, 4.69) is 36.4 Å². The van der Waals surface area contributed by atoms with E-state index in [-0.39, 0.29) is 16.8 Å². The number of nitrogens with one attached hydrogen (secondary N) is 2. The third-order valence-electron chi connectivity index (χ3n) is 2.64. The van der Waals surface area contributed by atoms with Crippen molar-refractivity contribution in [2.24, 2.45) is 5.41 Å². The number of carbonyl (C=O) groups is 1. The maximum atomic E-state index is 14.0. The molecular weight excluding hydrogens is 245 g/mol. The third-order valence-corrected chi connectivity index (χ3v) is 2.64. The van der Waals surface area contributed by atoms with Crippen LogP contribution < -0.4 is 10.6 Å². The number of pyridine rings is 1. The molecule has 0 unspecified atom stereocenters. The molecule has 1 aromatic rings. The first-order valence-corrected chi connectivity index (χ1v) is 6.51. The van der Waals surface area contributed by atoms with Gasteiger partial charge in [0.1, 0.15) is 0 Å². The standard InChI is InChI=1S/C14H22FN3O/c1-5-16-12-11(15)10(6-8-17-12)13(19)18-9-7-14(2,3)4/h6,8H,5,7,9H2,1-4H3,(H,16,17)(H,18,19). The molecule has 5 heteroatoms. The summed E-state index contributed by atoms with van der Waals surface area (Å²) in [6, 6.07) is 1.39. The van der Waals surface area contributed by atoms with E-state index in [1.165, 1.54) is 12.3 Å². The van der Waals surface area contributed by atoms with Gasteiger partial charge in [0.25, 0.3) is 5.91 Å². The lowest BCUT2D eigenvalue weighted by Crippen LogP contribution is -2.28. The van der Waals surface area contributed by atoms with Gasteiger partial charge in [-0.1, -0.05) is 20.8 Å². The van der Waals surface area contributed by atoms with Crippen LogP contribution in [0, 0.1) is 11.2 Å². The number of hydrogen-bond acceptors (Lipinski definition) is 3. The van der Waals surface area contributed by atoms with Gasteiger partial charge in [0.05, 0.1) is 5.56 Å². The molecular formula is C14H22FN3O. The Balaban J connectivity index is 2.69. The number of anilines is 1. The largest absolute Gasteiger partial charge is 0.368 e. The molecule has 0 saturated carbocycles. The average molecular weight is 267 g/mol. The lowest BCUT2D eigenvalue weighted by Gasteiger charge is -2.18. The molecule has 1 rings (SSSR count). The molecule has 19 heavy (non-hydrogen) atoms. The van der Waals surface area contributed by atoms with Crippen LogP contribution in [0.3, 0.4) is 0 Å². The number of rotatable bonds is 5. The molecule has 0 radical (unpaired) electrons. The van der Waals surface area contributed by atoms with Crippen molar-refractivity contribution in [2.75, 3.05) is 18.4 Å². The molecule has 0 saturated heterocycles. The molecule has 106 valence electrons. The first-order chi connectivity index (χ1) is 8.85. The predicted octanol–water partition coefficient (Wildman–Crippen LogP) is 2.82. The fourth-order valence-electron chi connectivity index (χ4n) is 1.56. The van der Waals surface area contributed by atoms with Crippen LogP contribution in [0.2, 0.25) is 0 Å². The van der Waals surface area contributed by atoms with Gasteiger partial charge in [0, 0.05) is 19.3 Å². The van der Waals surface area contributed by atoms with Gasteiger partial charge in [0.2, 0.25) is 0 Å². The van der Waals surface area contributed by atoms with Crippen LogP contribution in [0.15, 0.2) is 12.3 Å². The van der Waals surface area contributed by atoms with E-state index in [1.807, 2.05) is 6.92 Å². The van der Waals surface area contributed by atoms with Gasteiger partial charge in [-0.15, -0.1) is 0 Å². The Morgan fingerprint density at radius 3 is 2.68 bits per heavy atom. The quantitative estimate of drug-likeness (QED) is 0.862. The number of hydrogen-bond donors (Lipinski definition) is 2. The molecule has 0 aliphatic rings. The zero-order valence-electron chi connectivity index (χ0n) is 12.0. The molecule has 0 fully saturated rings. The van der Waals surface area contributed by atoms with Gasteiger partial charge in [0.15, 0.2) is 11.6 Å². The summed E-state index contributed by atoms with van der Waals surface area (Å²) in [6.45, 7) is 9.21. The summed E-state index contributed by atoms with van der Waals surface area (Å²) in [5, 5.41) is 5.52. The molecule has 0 atom stereocenters. The van der Waals surface area contributed by atoms with E-state index in [1.54, 1.807) is 0 Å². The Labute approximate surface area is 113 Å². The number of amides is 1. The van der Waals surface area contributed by atoms with Gasteiger partial charge in [-0.05, 0) is 24.8 Å². The molecule has 4 nitrogen and oxygen atoms in total. The second-order valence-electron chi connectivity index (χ2n) is 5.62. The maximum Gasteiger partial charge on any atom is 0.254 e. The van der Waals surface area contributed by atoms with E-state index in [9.17, 15) is 9.18 Å². The monoisotopic (exact) mass is 267 g/mol. The molecule has 1 aromatic heterocycles. The van der Waals surface area contributed by atoms with Crippen molar-refractivity contribution in [1.29, 1.82) is 0 Å². The van der Waals surface area contributed by atoms with Crippen LogP contribution in [-0.2, 0) is 0 Å². The van der Waals surface area contributed by atoms with E-state index in [0.717, 1.165) is 6.42 Å². The summed E-state index contributed by atoms with van der Waals surface area (Å²) in [4.78, 5) is 15.8. The van der Waals surface area contributed by atoms with Gasteiger partial charge in [-0.25, -0.2) is 9.37 Å². The molecule has 0 aliphatic carbocycles. The van der Waals surface area contributed by atoms with Crippen molar-refractivity contribution in [3.63, 3.8) is 0 Å². The molecule has 1 amide bonds. The van der Waals surface area contributed by atoms with Gasteiger partial charge in [-0.3, -0.25) is 4.79 Å². The second kappa shape index (κ2) is 6.50. The Morgan fingerprint density at radius 2 is 2.11 bits per heavy atom. The molecule has 2 N–H and O–H groups in total. The van der Waals surface area contributed by atoms with Crippen LogP contribution in [0.1, 0.15) is 44.5 Å². The first-order valence-electron chi connectivity index (χ1n) is 6.51. The summed E-state index contributed by atoms with van der Waals surface area (Å²) >= 11 is 0. The molecule has 0 aliphatic heterocycles. The normalized spacial score (nSPS) is 11.2. The summed E-state index contributed by atoms with van der Waals surface area (Å²) in [6.07, 6.45) is 2.27. The molecule has 1 heterocycles.